The molecule has 9 heteroatoms. The van der Waals surface area contributed by atoms with Crippen molar-refractivity contribution in [3.63, 3.8) is 0 Å². The summed E-state index contributed by atoms with van der Waals surface area (Å²) >= 11 is 0. The van der Waals surface area contributed by atoms with E-state index in [1.807, 2.05) is 0 Å². The lowest BCUT2D eigenvalue weighted by atomic mass is 9.94. The van der Waals surface area contributed by atoms with E-state index >= 15 is 0 Å². The van der Waals surface area contributed by atoms with Crippen molar-refractivity contribution >= 4 is 6.09 Å². The highest BCUT2D eigenvalue weighted by molar-refractivity contribution is 5.68. The number of alkyl halides is 6. The highest BCUT2D eigenvalue weighted by Crippen LogP contribution is 2.45. The Balaban J connectivity index is 2.84. The van der Waals surface area contributed by atoms with Gasteiger partial charge in [0.05, 0.1) is 0 Å². The van der Waals surface area contributed by atoms with Crippen molar-refractivity contribution < 1.29 is 35.9 Å². The predicted octanol–water partition coefficient (Wildman–Crippen LogP) is 4.19. The molecule has 0 aliphatic carbocycles. The van der Waals surface area contributed by atoms with Crippen LogP contribution in [0.5, 0.6) is 0 Å². The quantitative estimate of drug-likeness (QED) is 0.842. The molecule has 0 saturated carbocycles. The number of hydrogen-bond acceptors (Lipinski definition) is 2. The van der Waals surface area contributed by atoms with Gasteiger partial charge in [-0.25, -0.2) is 4.79 Å². The highest BCUT2D eigenvalue weighted by atomic mass is 19.4. The minimum Gasteiger partial charge on any atom is -0.445 e. The van der Waals surface area contributed by atoms with Gasteiger partial charge in [-0.15, -0.1) is 0 Å². The Kier molecular flexibility index (Phi) is 5.31. The Morgan fingerprint density at radius 2 is 1.55 bits per heavy atom. The third-order valence-electron chi connectivity index (χ3n) is 3.03. The summed E-state index contributed by atoms with van der Waals surface area (Å²) in [6.45, 7) is 0.237. The van der Waals surface area contributed by atoms with Gasteiger partial charge in [-0.3, -0.25) is 5.32 Å². The van der Waals surface area contributed by atoms with Crippen LogP contribution in [0.15, 0.2) is 30.3 Å². The zero-order valence-corrected chi connectivity index (χ0v) is 11.4. The summed E-state index contributed by atoms with van der Waals surface area (Å²) in [4.78, 5) is 11.4. The molecule has 0 spiro atoms. The molecule has 0 bridgehead atoms. The van der Waals surface area contributed by atoms with E-state index in [-0.39, 0.29) is 0 Å². The van der Waals surface area contributed by atoms with Crippen molar-refractivity contribution in [3.05, 3.63) is 35.9 Å². The van der Waals surface area contributed by atoms with Gasteiger partial charge in [-0.2, -0.15) is 26.3 Å². The lowest BCUT2D eigenvalue weighted by Gasteiger charge is -2.36. The van der Waals surface area contributed by atoms with Gasteiger partial charge in [0.2, 0.25) is 5.54 Å². The van der Waals surface area contributed by atoms with Crippen LogP contribution in [0, 0.1) is 0 Å². The third-order valence-corrected chi connectivity index (χ3v) is 3.03. The van der Waals surface area contributed by atoms with E-state index in [1.54, 1.807) is 18.2 Å². The number of benzene rings is 1. The molecule has 0 aliphatic heterocycles. The lowest BCUT2D eigenvalue weighted by Crippen LogP contribution is -2.67. The number of hydrogen-bond donors (Lipinski definition) is 1. The molecule has 0 fully saturated rings. The van der Waals surface area contributed by atoms with E-state index in [0.29, 0.717) is 12.5 Å². The van der Waals surface area contributed by atoms with Crippen LogP contribution in [0.25, 0.3) is 0 Å². The molecule has 1 rings (SSSR count). The predicted molar refractivity (Wildman–Crippen MR) is 64.9 cm³/mol. The summed E-state index contributed by atoms with van der Waals surface area (Å²) in [5.41, 5.74) is -3.91. The molecule has 0 atom stereocenters. The van der Waals surface area contributed by atoms with Gasteiger partial charge in [0, 0.05) is 0 Å². The van der Waals surface area contributed by atoms with Crippen LogP contribution in [-0.2, 0) is 11.3 Å². The van der Waals surface area contributed by atoms with Crippen LogP contribution in [0.3, 0.4) is 0 Å². The van der Waals surface area contributed by atoms with Crippen molar-refractivity contribution in [2.45, 2.75) is 37.8 Å². The van der Waals surface area contributed by atoms with Crippen molar-refractivity contribution in [1.82, 2.24) is 5.32 Å². The van der Waals surface area contributed by atoms with Gasteiger partial charge in [0.25, 0.3) is 0 Å². The summed E-state index contributed by atoms with van der Waals surface area (Å²) in [5, 5.41) is 0.919. The Bertz CT molecular complexity index is 483. The zero-order valence-electron chi connectivity index (χ0n) is 11.4. The Morgan fingerprint density at radius 1 is 1.05 bits per heavy atom. The highest BCUT2D eigenvalue weighted by Gasteiger charge is 2.70. The smallest absolute Gasteiger partial charge is 0.420 e. The summed E-state index contributed by atoms with van der Waals surface area (Å²) in [7, 11) is 0. The number of alkyl carbamates (subject to hydrolysis) is 1. The van der Waals surface area contributed by atoms with Crippen LogP contribution in [0.1, 0.15) is 18.9 Å². The molecule has 0 aliphatic rings. The van der Waals surface area contributed by atoms with E-state index in [1.165, 1.54) is 12.1 Å². The van der Waals surface area contributed by atoms with Crippen LogP contribution in [-0.4, -0.2) is 24.0 Å². The third kappa shape index (κ3) is 3.83. The second-order valence-electron chi connectivity index (χ2n) is 4.44. The van der Waals surface area contributed by atoms with Gasteiger partial charge in [0.15, 0.2) is 0 Å². The van der Waals surface area contributed by atoms with Crippen LogP contribution < -0.4 is 5.32 Å². The van der Waals surface area contributed by atoms with Gasteiger partial charge in [-0.1, -0.05) is 37.3 Å². The van der Waals surface area contributed by atoms with Gasteiger partial charge >= 0.3 is 18.4 Å². The average molecular weight is 329 g/mol. The molecule has 0 heterocycles. The number of amides is 1. The van der Waals surface area contributed by atoms with E-state index in [2.05, 4.69) is 4.74 Å². The molecule has 3 nitrogen and oxygen atoms in total. The standard InChI is InChI=1S/C13H13F6NO2/c1-2-11(12(14,15)16,13(17,18)19)20-10(21)22-8-9-6-4-3-5-7-9/h3-7H,2,8H2,1H3,(H,20,21). The monoisotopic (exact) mass is 329 g/mol. The maximum absolute atomic E-state index is 12.8. The first-order valence-corrected chi connectivity index (χ1v) is 6.16. The molecule has 124 valence electrons. The van der Waals surface area contributed by atoms with Crippen molar-refractivity contribution in [2.75, 3.05) is 0 Å². The maximum atomic E-state index is 12.8. The SMILES string of the molecule is CCC(NC(=O)OCc1ccccc1)(C(F)(F)F)C(F)(F)F. The van der Waals surface area contributed by atoms with Crippen LogP contribution in [0.2, 0.25) is 0 Å². The van der Waals surface area contributed by atoms with E-state index in [4.69, 9.17) is 0 Å². The Hall–Kier alpha value is -1.93. The molecule has 1 amide bonds. The first kappa shape index (κ1) is 18.1. The second kappa shape index (κ2) is 6.45. The van der Waals surface area contributed by atoms with Crippen molar-refractivity contribution in [2.24, 2.45) is 0 Å². The Morgan fingerprint density at radius 3 is 1.95 bits per heavy atom. The van der Waals surface area contributed by atoms with Crippen LogP contribution in [0.4, 0.5) is 31.1 Å². The van der Waals surface area contributed by atoms with Gasteiger partial charge in [0.1, 0.15) is 6.61 Å². The number of halogens is 6. The van der Waals surface area contributed by atoms with Gasteiger partial charge < -0.3 is 4.74 Å². The number of nitrogens with one attached hydrogen (secondary N) is 1. The number of carbonyl (C=O) groups excluding carboxylic acids is 1. The fourth-order valence-corrected chi connectivity index (χ4v) is 1.73. The average Bonchev–Trinajstić information content (AvgIpc) is 2.41. The number of carbonyl (C=O) groups is 1. The zero-order chi connectivity index (χ0) is 17.0. The summed E-state index contributed by atoms with van der Waals surface area (Å²) in [5.74, 6) is 0. The fraction of sp³-hybridized carbons (Fsp3) is 0.462. The van der Waals surface area contributed by atoms with E-state index in [9.17, 15) is 31.1 Å². The minimum atomic E-state index is -5.70. The molecule has 22 heavy (non-hydrogen) atoms. The molecule has 1 aromatic rings. The van der Waals surface area contributed by atoms with E-state index < -0.39 is 37.0 Å². The summed E-state index contributed by atoms with van der Waals surface area (Å²) in [6.07, 6.45) is -14.6. The second-order valence-corrected chi connectivity index (χ2v) is 4.44. The Labute approximate surface area is 122 Å². The first-order chi connectivity index (χ1) is 10.0. The minimum absolute atomic E-state index is 0.429. The molecule has 1 N–H and O–H groups in total. The topological polar surface area (TPSA) is 38.3 Å². The molecule has 1 aromatic carbocycles. The molecule has 0 unspecified atom stereocenters. The summed E-state index contributed by atoms with van der Waals surface area (Å²) in [6, 6.07) is 7.83. The first-order valence-electron chi connectivity index (χ1n) is 6.16. The largest absolute Gasteiger partial charge is 0.445 e. The normalized spacial score (nSPS) is 12.9. The number of ether oxygens (including phenoxy) is 1. The molecular weight excluding hydrogens is 316 g/mol. The maximum Gasteiger partial charge on any atom is 0.420 e. The molecular formula is C13H13F6NO2. The van der Waals surface area contributed by atoms with Gasteiger partial charge in [-0.05, 0) is 12.0 Å². The van der Waals surface area contributed by atoms with Crippen molar-refractivity contribution in [3.8, 4) is 0 Å². The van der Waals surface area contributed by atoms with Crippen molar-refractivity contribution in [1.29, 1.82) is 0 Å². The molecule has 0 aromatic heterocycles. The summed E-state index contributed by atoms with van der Waals surface area (Å²) < 4.78 is 81.3. The molecule has 0 saturated heterocycles. The molecule has 0 radical (unpaired) electrons. The van der Waals surface area contributed by atoms with E-state index in [0.717, 1.165) is 5.32 Å². The van der Waals surface area contributed by atoms with Crippen LogP contribution >= 0.6 is 0 Å². The lowest BCUT2D eigenvalue weighted by molar-refractivity contribution is -0.305. The fourth-order valence-electron chi connectivity index (χ4n) is 1.73. The number of rotatable bonds is 4.